The van der Waals surface area contributed by atoms with E-state index < -0.39 is 17.6 Å². The Morgan fingerprint density at radius 1 is 1.33 bits per heavy atom. The first kappa shape index (κ1) is 12.3. The third kappa shape index (κ3) is 2.84. The molecule has 0 N–H and O–H groups in total. The zero-order valence-corrected chi connectivity index (χ0v) is 9.25. The van der Waals surface area contributed by atoms with Crippen molar-refractivity contribution in [1.29, 1.82) is 0 Å². The van der Waals surface area contributed by atoms with Crippen LogP contribution in [0.15, 0.2) is 16.6 Å². The summed E-state index contributed by atoms with van der Waals surface area (Å²) in [5.41, 5.74) is -1.06. The fourth-order valence-corrected chi connectivity index (χ4v) is 1.33. The minimum atomic E-state index is -4.58. The van der Waals surface area contributed by atoms with E-state index in [0.717, 1.165) is 6.07 Å². The van der Waals surface area contributed by atoms with E-state index in [4.69, 9.17) is 4.74 Å². The second-order valence-corrected chi connectivity index (χ2v) is 3.49. The zero-order valence-electron chi connectivity index (χ0n) is 7.66. The molecular formula is C9H7BrF4O. The number of halogens is 5. The summed E-state index contributed by atoms with van der Waals surface area (Å²) in [7, 11) is 0. The zero-order chi connectivity index (χ0) is 11.6. The van der Waals surface area contributed by atoms with Crippen LogP contribution in [-0.2, 0) is 6.18 Å². The van der Waals surface area contributed by atoms with Crippen LogP contribution in [0.2, 0.25) is 0 Å². The summed E-state index contributed by atoms with van der Waals surface area (Å²) in [4.78, 5) is 0. The summed E-state index contributed by atoms with van der Waals surface area (Å²) >= 11 is 2.81. The molecule has 0 aliphatic carbocycles. The predicted molar refractivity (Wildman–Crippen MR) is 50.3 cm³/mol. The highest BCUT2D eigenvalue weighted by molar-refractivity contribution is 9.10. The lowest BCUT2D eigenvalue weighted by molar-refractivity contribution is -0.137. The molecule has 1 aromatic rings. The molecule has 0 bridgehead atoms. The van der Waals surface area contributed by atoms with Crippen molar-refractivity contribution in [2.24, 2.45) is 0 Å². The number of hydrogen-bond acceptors (Lipinski definition) is 1. The average molecular weight is 287 g/mol. The Labute approximate surface area is 92.2 Å². The predicted octanol–water partition coefficient (Wildman–Crippen LogP) is 4.01. The average Bonchev–Trinajstić information content (AvgIpc) is 2.11. The standard InChI is InChI=1S/C9H7BrF4O/c1-2-15-7-4-5(9(12,13)14)3-6(11)8(7)10/h3-4H,2H2,1H3. The van der Waals surface area contributed by atoms with Crippen molar-refractivity contribution in [3.8, 4) is 5.75 Å². The molecule has 0 unspecified atom stereocenters. The van der Waals surface area contributed by atoms with Gasteiger partial charge in [0.25, 0.3) is 0 Å². The fraction of sp³-hybridized carbons (Fsp3) is 0.333. The van der Waals surface area contributed by atoms with E-state index >= 15 is 0 Å². The Hall–Kier alpha value is -0.780. The third-order valence-electron chi connectivity index (χ3n) is 1.62. The van der Waals surface area contributed by atoms with Gasteiger partial charge in [0.1, 0.15) is 11.6 Å². The normalized spacial score (nSPS) is 11.6. The molecule has 0 aliphatic heterocycles. The van der Waals surface area contributed by atoms with Crippen LogP contribution in [0.4, 0.5) is 17.6 Å². The second kappa shape index (κ2) is 4.38. The van der Waals surface area contributed by atoms with E-state index in [1.165, 1.54) is 0 Å². The van der Waals surface area contributed by atoms with Gasteiger partial charge in [-0.05, 0) is 35.0 Å². The summed E-state index contributed by atoms with van der Waals surface area (Å²) < 4.78 is 54.7. The lowest BCUT2D eigenvalue weighted by atomic mass is 10.2. The molecule has 0 aliphatic rings. The molecule has 0 fully saturated rings. The van der Waals surface area contributed by atoms with Gasteiger partial charge in [-0.25, -0.2) is 4.39 Å². The molecule has 0 saturated carbocycles. The maximum Gasteiger partial charge on any atom is 0.416 e. The first-order valence-electron chi connectivity index (χ1n) is 4.05. The van der Waals surface area contributed by atoms with Crippen LogP contribution in [0.5, 0.6) is 5.75 Å². The minimum absolute atomic E-state index is 0.0997. The largest absolute Gasteiger partial charge is 0.493 e. The highest BCUT2D eigenvalue weighted by atomic mass is 79.9. The molecule has 1 nitrogen and oxygen atoms in total. The van der Waals surface area contributed by atoms with Gasteiger partial charge in [0.2, 0.25) is 0 Å². The topological polar surface area (TPSA) is 9.23 Å². The molecule has 0 aromatic heterocycles. The monoisotopic (exact) mass is 286 g/mol. The lowest BCUT2D eigenvalue weighted by Gasteiger charge is -2.11. The minimum Gasteiger partial charge on any atom is -0.493 e. The molecule has 0 saturated heterocycles. The van der Waals surface area contributed by atoms with Crippen LogP contribution in [0.1, 0.15) is 12.5 Å². The van der Waals surface area contributed by atoms with E-state index in [9.17, 15) is 17.6 Å². The molecule has 0 heterocycles. The maximum absolute atomic E-state index is 13.1. The first-order valence-corrected chi connectivity index (χ1v) is 4.84. The van der Waals surface area contributed by atoms with Crippen molar-refractivity contribution >= 4 is 15.9 Å². The Morgan fingerprint density at radius 2 is 1.93 bits per heavy atom. The Kier molecular flexibility index (Phi) is 3.59. The number of alkyl halides is 3. The number of hydrogen-bond donors (Lipinski definition) is 0. The van der Waals surface area contributed by atoms with Gasteiger partial charge in [0, 0.05) is 0 Å². The Balaban J connectivity index is 3.23. The molecule has 84 valence electrons. The van der Waals surface area contributed by atoms with Gasteiger partial charge in [-0.2, -0.15) is 13.2 Å². The van der Waals surface area contributed by atoms with E-state index in [1.807, 2.05) is 0 Å². The Bertz CT molecular complexity index is 362. The maximum atomic E-state index is 13.1. The van der Waals surface area contributed by atoms with Crippen LogP contribution in [-0.4, -0.2) is 6.61 Å². The van der Waals surface area contributed by atoms with Gasteiger partial charge in [0.15, 0.2) is 0 Å². The van der Waals surface area contributed by atoms with E-state index in [-0.39, 0.29) is 16.8 Å². The van der Waals surface area contributed by atoms with Gasteiger partial charge in [-0.3, -0.25) is 0 Å². The Morgan fingerprint density at radius 3 is 2.40 bits per heavy atom. The summed E-state index contributed by atoms with van der Waals surface area (Å²) in [6.07, 6.45) is -4.58. The van der Waals surface area contributed by atoms with E-state index in [1.54, 1.807) is 6.92 Å². The number of benzene rings is 1. The van der Waals surface area contributed by atoms with Crippen molar-refractivity contribution < 1.29 is 22.3 Å². The van der Waals surface area contributed by atoms with E-state index in [2.05, 4.69) is 15.9 Å². The summed E-state index contributed by atoms with van der Waals surface area (Å²) in [5.74, 6) is -1.14. The van der Waals surface area contributed by atoms with Crippen LogP contribution in [0.3, 0.4) is 0 Å². The van der Waals surface area contributed by atoms with Crippen LogP contribution < -0.4 is 4.74 Å². The SMILES string of the molecule is CCOc1cc(C(F)(F)F)cc(F)c1Br. The first-order chi connectivity index (χ1) is 6.86. The van der Waals surface area contributed by atoms with Crippen molar-refractivity contribution in [3.05, 3.63) is 28.0 Å². The molecular weight excluding hydrogens is 280 g/mol. The molecule has 1 rings (SSSR count). The summed E-state index contributed by atoms with van der Waals surface area (Å²) in [6, 6.07) is 1.18. The van der Waals surface area contributed by atoms with Gasteiger partial charge in [0.05, 0.1) is 16.6 Å². The quantitative estimate of drug-likeness (QED) is 0.747. The van der Waals surface area contributed by atoms with Crippen LogP contribution in [0.25, 0.3) is 0 Å². The fourth-order valence-electron chi connectivity index (χ4n) is 0.988. The van der Waals surface area contributed by atoms with Crippen LogP contribution >= 0.6 is 15.9 Å². The summed E-state index contributed by atoms with van der Waals surface area (Å²) in [6.45, 7) is 1.77. The second-order valence-electron chi connectivity index (χ2n) is 2.70. The van der Waals surface area contributed by atoms with Gasteiger partial charge in [-0.1, -0.05) is 0 Å². The highest BCUT2D eigenvalue weighted by Gasteiger charge is 2.32. The summed E-state index contributed by atoms with van der Waals surface area (Å²) in [5, 5.41) is 0. The molecule has 0 spiro atoms. The van der Waals surface area contributed by atoms with Crippen molar-refractivity contribution in [2.75, 3.05) is 6.61 Å². The molecule has 1 aromatic carbocycles. The number of ether oxygens (including phenoxy) is 1. The molecule has 0 radical (unpaired) electrons. The molecule has 15 heavy (non-hydrogen) atoms. The van der Waals surface area contributed by atoms with Crippen molar-refractivity contribution in [2.45, 2.75) is 13.1 Å². The smallest absolute Gasteiger partial charge is 0.416 e. The van der Waals surface area contributed by atoms with Gasteiger partial charge >= 0.3 is 6.18 Å². The van der Waals surface area contributed by atoms with Gasteiger partial charge in [-0.15, -0.1) is 0 Å². The van der Waals surface area contributed by atoms with E-state index in [0.29, 0.717) is 6.07 Å². The van der Waals surface area contributed by atoms with Crippen molar-refractivity contribution in [1.82, 2.24) is 0 Å². The van der Waals surface area contributed by atoms with Crippen LogP contribution in [0, 0.1) is 5.82 Å². The van der Waals surface area contributed by atoms with Crippen molar-refractivity contribution in [3.63, 3.8) is 0 Å². The molecule has 0 atom stereocenters. The lowest BCUT2D eigenvalue weighted by Crippen LogP contribution is -2.07. The molecule has 0 amide bonds. The highest BCUT2D eigenvalue weighted by Crippen LogP contribution is 2.36. The number of rotatable bonds is 2. The third-order valence-corrected chi connectivity index (χ3v) is 2.39. The van der Waals surface area contributed by atoms with Gasteiger partial charge < -0.3 is 4.74 Å². The molecule has 6 heteroatoms.